The van der Waals surface area contributed by atoms with Gasteiger partial charge in [0.05, 0.1) is 19.1 Å². The molecular formula is C16H23NO5S. The molecule has 0 unspecified atom stereocenters. The number of thiophene rings is 1. The maximum Gasteiger partial charge on any atom is 0.328 e. The molecule has 0 aliphatic rings. The number of methoxy groups -OCH3 is 2. The summed E-state index contributed by atoms with van der Waals surface area (Å²) in [5.41, 5.74) is 1.15. The van der Waals surface area contributed by atoms with Crippen LogP contribution in [0, 0.1) is 6.92 Å². The van der Waals surface area contributed by atoms with Gasteiger partial charge in [0, 0.05) is 11.3 Å². The van der Waals surface area contributed by atoms with Gasteiger partial charge in [-0.05, 0) is 31.4 Å². The van der Waals surface area contributed by atoms with Crippen molar-refractivity contribution in [2.75, 3.05) is 14.2 Å². The topological polar surface area (TPSA) is 81.7 Å². The molecule has 0 saturated heterocycles. The third-order valence-corrected chi connectivity index (χ3v) is 4.51. The van der Waals surface area contributed by atoms with E-state index in [0.717, 1.165) is 23.3 Å². The Morgan fingerprint density at radius 2 is 1.96 bits per heavy atom. The van der Waals surface area contributed by atoms with E-state index in [-0.39, 0.29) is 18.7 Å². The highest BCUT2D eigenvalue weighted by Crippen LogP contribution is 2.23. The van der Waals surface area contributed by atoms with Crippen molar-refractivity contribution in [3.8, 4) is 0 Å². The minimum atomic E-state index is -0.872. The van der Waals surface area contributed by atoms with Gasteiger partial charge in [-0.25, -0.2) is 4.79 Å². The SMILES string of the molecule is CCCc1cc(C(=O)N[C@@H](CCC(=O)OC)C(=O)OC)sc1C. The number of esters is 2. The second kappa shape index (κ2) is 9.29. The number of hydrogen-bond donors (Lipinski definition) is 1. The van der Waals surface area contributed by atoms with E-state index in [0.29, 0.717) is 4.88 Å². The first-order valence-corrected chi connectivity index (χ1v) is 8.29. The van der Waals surface area contributed by atoms with Gasteiger partial charge in [0.2, 0.25) is 0 Å². The Morgan fingerprint density at radius 1 is 1.26 bits per heavy atom. The Kier molecular flexibility index (Phi) is 7.74. The molecule has 0 aliphatic heterocycles. The first-order valence-electron chi connectivity index (χ1n) is 7.47. The predicted molar refractivity (Wildman–Crippen MR) is 87.6 cm³/mol. The van der Waals surface area contributed by atoms with E-state index in [1.165, 1.54) is 25.6 Å². The molecule has 1 aromatic rings. The van der Waals surface area contributed by atoms with Crippen LogP contribution >= 0.6 is 11.3 Å². The molecule has 0 bridgehead atoms. The van der Waals surface area contributed by atoms with E-state index in [1.54, 1.807) is 0 Å². The minimum Gasteiger partial charge on any atom is -0.469 e. The molecule has 7 heteroatoms. The van der Waals surface area contributed by atoms with Crippen LogP contribution in [0.15, 0.2) is 6.07 Å². The molecular weight excluding hydrogens is 318 g/mol. The van der Waals surface area contributed by atoms with Crippen LogP contribution in [0.4, 0.5) is 0 Å². The van der Waals surface area contributed by atoms with Gasteiger partial charge in [-0.15, -0.1) is 11.3 Å². The lowest BCUT2D eigenvalue weighted by atomic mass is 10.1. The number of hydrogen-bond acceptors (Lipinski definition) is 6. The van der Waals surface area contributed by atoms with Gasteiger partial charge >= 0.3 is 11.9 Å². The first kappa shape index (κ1) is 19.2. The van der Waals surface area contributed by atoms with E-state index < -0.39 is 18.0 Å². The van der Waals surface area contributed by atoms with Crippen LogP contribution in [-0.2, 0) is 25.5 Å². The van der Waals surface area contributed by atoms with Crippen LogP contribution < -0.4 is 5.32 Å². The van der Waals surface area contributed by atoms with E-state index in [9.17, 15) is 14.4 Å². The summed E-state index contributed by atoms with van der Waals surface area (Å²) in [7, 11) is 2.52. The van der Waals surface area contributed by atoms with Crippen LogP contribution in [0.1, 0.15) is 46.3 Å². The number of amides is 1. The molecule has 0 fully saturated rings. The molecule has 128 valence electrons. The number of ether oxygens (including phenoxy) is 2. The van der Waals surface area contributed by atoms with Crippen molar-refractivity contribution in [3.63, 3.8) is 0 Å². The van der Waals surface area contributed by atoms with Crippen molar-refractivity contribution < 1.29 is 23.9 Å². The Balaban J connectivity index is 2.77. The van der Waals surface area contributed by atoms with E-state index >= 15 is 0 Å². The molecule has 0 saturated carbocycles. The Labute approximate surface area is 140 Å². The zero-order valence-electron chi connectivity index (χ0n) is 13.9. The Hall–Kier alpha value is -1.89. The fourth-order valence-corrected chi connectivity index (χ4v) is 3.11. The summed E-state index contributed by atoms with van der Waals surface area (Å²) in [6, 6.07) is 0.983. The molecule has 1 amide bonds. The van der Waals surface area contributed by atoms with Crippen LogP contribution in [0.25, 0.3) is 0 Å². The number of nitrogens with one attached hydrogen (secondary N) is 1. The summed E-state index contributed by atoms with van der Waals surface area (Å²) in [6.45, 7) is 4.05. The highest BCUT2D eigenvalue weighted by atomic mass is 32.1. The standard InChI is InChI=1S/C16H23NO5S/c1-5-6-11-9-13(23-10(11)2)15(19)17-12(16(20)22-4)7-8-14(18)21-3/h9,12H,5-8H2,1-4H3,(H,17,19)/t12-/m0/s1. The molecule has 1 atom stereocenters. The van der Waals surface area contributed by atoms with Crippen molar-refractivity contribution in [2.24, 2.45) is 0 Å². The van der Waals surface area contributed by atoms with Crippen molar-refractivity contribution in [1.82, 2.24) is 5.32 Å². The van der Waals surface area contributed by atoms with Gasteiger partial charge in [0.25, 0.3) is 5.91 Å². The van der Waals surface area contributed by atoms with E-state index in [2.05, 4.69) is 21.7 Å². The maximum absolute atomic E-state index is 12.3. The largest absolute Gasteiger partial charge is 0.469 e. The first-order chi connectivity index (χ1) is 10.9. The maximum atomic E-state index is 12.3. The molecule has 0 spiro atoms. The van der Waals surface area contributed by atoms with Gasteiger partial charge < -0.3 is 14.8 Å². The van der Waals surface area contributed by atoms with Gasteiger partial charge in [0.1, 0.15) is 6.04 Å². The van der Waals surface area contributed by atoms with Crippen LogP contribution in [0.2, 0.25) is 0 Å². The second-order valence-corrected chi connectivity index (χ2v) is 6.36. The van der Waals surface area contributed by atoms with Crippen molar-refractivity contribution >= 4 is 29.2 Å². The molecule has 0 radical (unpaired) electrons. The van der Waals surface area contributed by atoms with E-state index in [1.807, 2.05) is 13.0 Å². The molecule has 1 rings (SSSR count). The molecule has 1 aromatic heterocycles. The third-order valence-electron chi connectivity index (χ3n) is 3.42. The van der Waals surface area contributed by atoms with Gasteiger partial charge in [-0.2, -0.15) is 0 Å². The molecule has 1 heterocycles. The summed E-state index contributed by atoms with van der Waals surface area (Å²) in [4.78, 5) is 37.0. The van der Waals surface area contributed by atoms with Crippen molar-refractivity contribution in [2.45, 2.75) is 45.6 Å². The third kappa shape index (κ3) is 5.67. The highest BCUT2D eigenvalue weighted by molar-refractivity contribution is 7.14. The lowest BCUT2D eigenvalue weighted by Crippen LogP contribution is -2.41. The Morgan fingerprint density at radius 3 is 2.52 bits per heavy atom. The van der Waals surface area contributed by atoms with Crippen molar-refractivity contribution in [1.29, 1.82) is 0 Å². The number of carbonyl (C=O) groups excluding carboxylic acids is 3. The van der Waals surface area contributed by atoms with Crippen LogP contribution in [-0.4, -0.2) is 38.1 Å². The lowest BCUT2D eigenvalue weighted by molar-refractivity contribution is -0.144. The van der Waals surface area contributed by atoms with Crippen molar-refractivity contribution in [3.05, 3.63) is 21.4 Å². The number of aryl methyl sites for hydroxylation is 2. The fraction of sp³-hybridized carbons (Fsp3) is 0.562. The second-order valence-electron chi connectivity index (χ2n) is 5.11. The summed E-state index contributed by atoms with van der Waals surface area (Å²) in [5.74, 6) is -1.35. The molecule has 23 heavy (non-hydrogen) atoms. The zero-order valence-corrected chi connectivity index (χ0v) is 14.7. The molecule has 6 nitrogen and oxygen atoms in total. The number of rotatable bonds is 8. The summed E-state index contributed by atoms with van der Waals surface area (Å²) >= 11 is 1.40. The minimum absolute atomic E-state index is 0.0289. The quantitative estimate of drug-likeness (QED) is 0.733. The van der Waals surface area contributed by atoms with Gasteiger partial charge in [0.15, 0.2) is 0 Å². The van der Waals surface area contributed by atoms with Gasteiger partial charge in [-0.1, -0.05) is 13.3 Å². The molecule has 0 aromatic carbocycles. The summed E-state index contributed by atoms with van der Waals surface area (Å²) in [6.07, 6.45) is 2.08. The smallest absolute Gasteiger partial charge is 0.328 e. The number of carbonyl (C=O) groups is 3. The monoisotopic (exact) mass is 341 g/mol. The fourth-order valence-electron chi connectivity index (χ4n) is 2.13. The lowest BCUT2D eigenvalue weighted by Gasteiger charge is -2.15. The Bertz CT molecular complexity index is 567. The van der Waals surface area contributed by atoms with Crippen LogP contribution in [0.3, 0.4) is 0 Å². The molecule has 0 aliphatic carbocycles. The average Bonchev–Trinajstić information content (AvgIpc) is 2.91. The zero-order chi connectivity index (χ0) is 17.4. The average molecular weight is 341 g/mol. The van der Waals surface area contributed by atoms with Crippen LogP contribution in [0.5, 0.6) is 0 Å². The highest BCUT2D eigenvalue weighted by Gasteiger charge is 2.24. The summed E-state index contributed by atoms with van der Waals surface area (Å²) in [5, 5.41) is 2.64. The molecule has 1 N–H and O–H groups in total. The van der Waals surface area contributed by atoms with E-state index in [4.69, 9.17) is 0 Å². The predicted octanol–water partition coefficient (Wildman–Crippen LogP) is 2.23. The van der Waals surface area contributed by atoms with Gasteiger partial charge in [-0.3, -0.25) is 9.59 Å². The normalized spacial score (nSPS) is 11.7. The summed E-state index contributed by atoms with van der Waals surface area (Å²) < 4.78 is 9.23.